The van der Waals surface area contributed by atoms with E-state index in [1.54, 1.807) is 43.5 Å². The third kappa shape index (κ3) is 4.89. The Balaban J connectivity index is 2.15. The van der Waals surface area contributed by atoms with E-state index in [1.165, 1.54) is 0 Å². The summed E-state index contributed by atoms with van der Waals surface area (Å²) in [4.78, 5) is 12.4. The summed E-state index contributed by atoms with van der Waals surface area (Å²) in [5.74, 6) is 1.39. The number of amides is 1. The van der Waals surface area contributed by atoms with Gasteiger partial charge in [0.05, 0.1) is 19.4 Å². The topological polar surface area (TPSA) is 47.6 Å². The van der Waals surface area contributed by atoms with Crippen LogP contribution in [0.25, 0.3) is 0 Å². The molecule has 0 aliphatic rings. The summed E-state index contributed by atoms with van der Waals surface area (Å²) in [6, 6.07) is 12.1. The molecule has 0 unspecified atom stereocenters. The van der Waals surface area contributed by atoms with Crippen molar-refractivity contribution in [3.8, 4) is 11.5 Å². The van der Waals surface area contributed by atoms with Crippen LogP contribution in [0.2, 0.25) is 5.02 Å². The third-order valence-corrected chi connectivity index (χ3v) is 3.32. The number of methoxy groups -OCH3 is 1. The first kappa shape index (κ1) is 17.2. The van der Waals surface area contributed by atoms with Gasteiger partial charge in [-0.1, -0.05) is 31.5 Å². The van der Waals surface area contributed by atoms with E-state index in [9.17, 15) is 4.79 Å². The van der Waals surface area contributed by atoms with Gasteiger partial charge in [0.15, 0.2) is 0 Å². The fraction of sp³-hybridized carbons (Fsp3) is 0.278. The number of benzene rings is 2. The molecule has 0 fully saturated rings. The zero-order valence-electron chi connectivity index (χ0n) is 13.4. The molecule has 2 aromatic rings. The minimum Gasteiger partial charge on any atom is -0.495 e. The lowest BCUT2D eigenvalue weighted by Gasteiger charge is -2.12. The van der Waals surface area contributed by atoms with Crippen molar-refractivity contribution in [3.63, 3.8) is 0 Å². The first-order valence-electron chi connectivity index (χ1n) is 7.37. The number of ether oxygens (including phenoxy) is 2. The standard InChI is InChI=1S/C18H20ClNO3/c1-12(2)11-23-15-6-4-5-13(9-15)18(21)20-16-10-14(19)7-8-17(16)22-3/h4-10,12H,11H2,1-3H3,(H,20,21). The van der Waals surface area contributed by atoms with Gasteiger partial charge in [-0.2, -0.15) is 0 Å². The van der Waals surface area contributed by atoms with Crippen molar-refractivity contribution in [1.82, 2.24) is 0 Å². The summed E-state index contributed by atoms with van der Waals surface area (Å²) in [5.41, 5.74) is 1.03. The summed E-state index contributed by atoms with van der Waals surface area (Å²) in [7, 11) is 1.54. The monoisotopic (exact) mass is 333 g/mol. The summed E-state index contributed by atoms with van der Waals surface area (Å²) in [6.07, 6.45) is 0. The lowest BCUT2D eigenvalue weighted by molar-refractivity contribution is 0.102. The molecule has 1 N–H and O–H groups in total. The van der Waals surface area contributed by atoms with Crippen LogP contribution in [0.4, 0.5) is 5.69 Å². The number of anilines is 1. The second-order valence-corrected chi connectivity index (χ2v) is 5.97. The summed E-state index contributed by atoms with van der Waals surface area (Å²) >= 11 is 5.97. The van der Waals surface area contributed by atoms with E-state index >= 15 is 0 Å². The molecular weight excluding hydrogens is 314 g/mol. The van der Waals surface area contributed by atoms with Crippen LogP contribution in [0.1, 0.15) is 24.2 Å². The molecule has 1 amide bonds. The predicted molar refractivity (Wildman–Crippen MR) is 92.7 cm³/mol. The summed E-state index contributed by atoms with van der Waals surface area (Å²) < 4.78 is 10.9. The maximum atomic E-state index is 12.4. The average Bonchev–Trinajstić information content (AvgIpc) is 2.53. The zero-order valence-corrected chi connectivity index (χ0v) is 14.2. The maximum absolute atomic E-state index is 12.4. The SMILES string of the molecule is COc1ccc(Cl)cc1NC(=O)c1cccc(OCC(C)C)c1. The Kier molecular flexibility index (Phi) is 5.88. The van der Waals surface area contributed by atoms with Crippen molar-refractivity contribution in [2.45, 2.75) is 13.8 Å². The highest BCUT2D eigenvalue weighted by Gasteiger charge is 2.11. The minimum absolute atomic E-state index is 0.249. The second-order valence-electron chi connectivity index (χ2n) is 5.53. The Hall–Kier alpha value is -2.20. The second kappa shape index (κ2) is 7.88. The van der Waals surface area contributed by atoms with Gasteiger partial charge in [0.2, 0.25) is 0 Å². The quantitative estimate of drug-likeness (QED) is 0.838. The number of nitrogens with one attached hydrogen (secondary N) is 1. The minimum atomic E-state index is -0.249. The van der Waals surface area contributed by atoms with Gasteiger partial charge in [0, 0.05) is 10.6 Å². The van der Waals surface area contributed by atoms with Crippen LogP contribution >= 0.6 is 11.6 Å². The van der Waals surface area contributed by atoms with Gasteiger partial charge in [-0.05, 0) is 42.3 Å². The van der Waals surface area contributed by atoms with Crippen molar-refractivity contribution in [2.24, 2.45) is 5.92 Å². The van der Waals surface area contributed by atoms with Crippen molar-refractivity contribution < 1.29 is 14.3 Å². The Labute approximate surface area is 141 Å². The van der Waals surface area contributed by atoms with Gasteiger partial charge in [-0.15, -0.1) is 0 Å². The molecule has 0 saturated heterocycles. The third-order valence-electron chi connectivity index (χ3n) is 3.09. The predicted octanol–water partition coefficient (Wildman–Crippen LogP) is 4.64. The molecule has 0 heterocycles. The first-order chi connectivity index (χ1) is 11.0. The lowest BCUT2D eigenvalue weighted by atomic mass is 10.2. The number of hydrogen-bond acceptors (Lipinski definition) is 3. The smallest absolute Gasteiger partial charge is 0.255 e. The molecule has 0 bridgehead atoms. The van der Waals surface area contributed by atoms with Crippen LogP contribution in [0.5, 0.6) is 11.5 Å². The van der Waals surface area contributed by atoms with E-state index in [-0.39, 0.29) is 5.91 Å². The zero-order chi connectivity index (χ0) is 16.8. The largest absolute Gasteiger partial charge is 0.495 e. The molecule has 0 atom stereocenters. The van der Waals surface area contributed by atoms with Crippen molar-refractivity contribution >= 4 is 23.2 Å². The number of rotatable bonds is 6. The Bertz CT molecular complexity index is 686. The molecule has 122 valence electrons. The molecule has 0 aromatic heterocycles. The molecule has 5 heteroatoms. The fourth-order valence-corrected chi connectivity index (χ4v) is 2.13. The van der Waals surface area contributed by atoms with Crippen molar-refractivity contribution in [1.29, 1.82) is 0 Å². The molecule has 0 aliphatic heterocycles. The molecule has 4 nitrogen and oxygen atoms in total. The van der Waals surface area contributed by atoms with Gasteiger partial charge in [-0.25, -0.2) is 0 Å². The molecule has 0 saturated carbocycles. The molecule has 2 rings (SSSR count). The molecule has 0 radical (unpaired) electrons. The molecule has 23 heavy (non-hydrogen) atoms. The Morgan fingerprint density at radius 3 is 2.70 bits per heavy atom. The van der Waals surface area contributed by atoms with Crippen LogP contribution < -0.4 is 14.8 Å². The Morgan fingerprint density at radius 1 is 1.22 bits per heavy atom. The highest BCUT2D eigenvalue weighted by molar-refractivity contribution is 6.31. The summed E-state index contributed by atoms with van der Waals surface area (Å²) in [5, 5.41) is 3.33. The van der Waals surface area contributed by atoms with Crippen LogP contribution in [0.15, 0.2) is 42.5 Å². The van der Waals surface area contributed by atoms with E-state index in [2.05, 4.69) is 19.2 Å². The Morgan fingerprint density at radius 2 is 2.00 bits per heavy atom. The van der Waals surface area contributed by atoms with E-state index in [4.69, 9.17) is 21.1 Å². The average molecular weight is 334 g/mol. The van der Waals surface area contributed by atoms with Gasteiger partial charge < -0.3 is 14.8 Å². The van der Waals surface area contributed by atoms with Gasteiger partial charge in [0.1, 0.15) is 11.5 Å². The van der Waals surface area contributed by atoms with Gasteiger partial charge in [0.25, 0.3) is 5.91 Å². The fourth-order valence-electron chi connectivity index (χ4n) is 1.96. The normalized spacial score (nSPS) is 10.5. The lowest BCUT2D eigenvalue weighted by Crippen LogP contribution is -2.13. The highest BCUT2D eigenvalue weighted by Crippen LogP contribution is 2.28. The maximum Gasteiger partial charge on any atom is 0.255 e. The van der Waals surface area contributed by atoms with E-state index in [0.717, 1.165) is 0 Å². The van der Waals surface area contributed by atoms with Crippen molar-refractivity contribution in [3.05, 3.63) is 53.1 Å². The summed E-state index contributed by atoms with van der Waals surface area (Å²) in [6.45, 7) is 4.75. The van der Waals surface area contributed by atoms with E-state index in [1.807, 2.05) is 6.07 Å². The molecule has 2 aromatic carbocycles. The number of carbonyl (C=O) groups excluding carboxylic acids is 1. The van der Waals surface area contributed by atoms with Crippen LogP contribution in [0, 0.1) is 5.92 Å². The van der Waals surface area contributed by atoms with Crippen LogP contribution in [-0.2, 0) is 0 Å². The van der Waals surface area contributed by atoms with E-state index < -0.39 is 0 Å². The first-order valence-corrected chi connectivity index (χ1v) is 7.75. The number of hydrogen-bond donors (Lipinski definition) is 1. The molecule has 0 spiro atoms. The van der Waals surface area contributed by atoms with Crippen LogP contribution in [0.3, 0.4) is 0 Å². The number of halogens is 1. The number of carbonyl (C=O) groups is 1. The molecule has 0 aliphatic carbocycles. The van der Waals surface area contributed by atoms with Gasteiger partial charge >= 0.3 is 0 Å². The van der Waals surface area contributed by atoms with Crippen LogP contribution in [-0.4, -0.2) is 19.6 Å². The van der Waals surface area contributed by atoms with Gasteiger partial charge in [-0.3, -0.25) is 4.79 Å². The van der Waals surface area contributed by atoms with E-state index in [0.29, 0.717) is 40.3 Å². The molecular formula is C18H20ClNO3. The highest BCUT2D eigenvalue weighted by atomic mass is 35.5. The van der Waals surface area contributed by atoms with Crippen molar-refractivity contribution in [2.75, 3.05) is 19.0 Å².